The number of carbonyl (C=O) groups excluding carboxylic acids is 2. The zero-order valence-corrected chi connectivity index (χ0v) is 17.0. The van der Waals surface area contributed by atoms with Crippen LogP contribution in [0.1, 0.15) is 37.1 Å². The number of fused-ring (bicyclic) bond motifs is 4. The second kappa shape index (κ2) is 6.93. The van der Waals surface area contributed by atoms with E-state index in [2.05, 4.69) is 4.98 Å². The van der Waals surface area contributed by atoms with E-state index in [9.17, 15) is 27.9 Å². The van der Waals surface area contributed by atoms with Crippen LogP contribution in [0.4, 0.5) is 13.2 Å². The van der Waals surface area contributed by atoms with Crippen LogP contribution in [-0.2, 0) is 20.9 Å². The van der Waals surface area contributed by atoms with Gasteiger partial charge in [-0.25, -0.2) is 4.79 Å². The zero-order valence-electron chi connectivity index (χ0n) is 17.0. The van der Waals surface area contributed by atoms with Crippen LogP contribution in [0.5, 0.6) is 5.75 Å². The number of alkyl halides is 3. The maximum atomic E-state index is 13.2. The topological polar surface area (TPSA) is 89.0 Å². The third kappa shape index (κ3) is 3.04. The highest BCUT2D eigenvalue weighted by atomic mass is 19.4. The summed E-state index contributed by atoms with van der Waals surface area (Å²) in [5, 5.41) is 11.4. The van der Waals surface area contributed by atoms with Crippen LogP contribution in [-0.4, -0.2) is 51.9 Å². The Labute approximate surface area is 180 Å². The second-order valence-corrected chi connectivity index (χ2v) is 8.16. The molecule has 0 radical (unpaired) electrons. The molecule has 0 fully saturated rings. The first-order valence-electron chi connectivity index (χ1n) is 10.2. The number of nitrogens with zero attached hydrogens (tertiary/aromatic N) is 2. The minimum atomic E-state index is -4.47. The van der Waals surface area contributed by atoms with Crippen molar-refractivity contribution in [2.24, 2.45) is 0 Å². The van der Waals surface area contributed by atoms with Gasteiger partial charge in [0.2, 0.25) is 0 Å². The molecule has 4 heterocycles. The Morgan fingerprint density at radius 3 is 2.84 bits per heavy atom. The number of benzene rings is 1. The summed E-state index contributed by atoms with van der Waals surface area (Å²) in [6.45, 7) is 0.242. The van der Waals surface area contributed by atoms with Gasteiger partial charge in [-0.2, -0.15) is 13.2 Å². The molecule has 3 aliphatic rings. The Hall–Kier alpha value is -3.14. The number of ether oxygens (including phenoxy) is 2. The number of esters is 1. The molecule has 0 aliphatic carbocycles. The molecule has 0 saturated carbocycles. The first-order valence-corrected chi connectivity index (χ1v) is 10.2. The van der Waals surface area contributed by atoms with E-state index in [4.69, 9.17) is 9.47 Å². The zero-order chi connectivity index (χ0) is 22.8. The van der Waals surface area contributed by atoms with Crippen molar-refractivity contribution in [3.63, 3.8) is 0 Å². The van der Waals surface area contributed by atoms with Gasteiger partial charge >= 0.3 is 12.1 Å². The van der Waals surface area contributed by atoms with Crippen LogP contribution in [0.25, 0.3) is 10.9 Å². The summed E-state index contributed by atoms with van der Waals surface area (Å²) in [7, 11) is 0. The van der Waals surface area contributed by atoms with Crippen molar-refractivity contribution in [2.75, 3.05) is 13.2 Å². The van der Waals surface area contributed by atoms with Gasteiger partial charge in [-0.1, -0.05) is 13.0 Å². The fourth-order valence-corrected chi connectivity index (χ4v) is 4.71. The summed E-state index contributed by atoms with van der Waals surface area (Å²) >= 11 is 0. The van der Waals surface area contributed by atoms with Crippen molar-refractivity contribution >= 4 is 22.8 Å². The Kier molecular flexibility index (Phi) is 4.49. The molecule has 1 N–H and O–H groups in total. The number of hydrogen-bond donors (Lipinski definition) is 1. The number of carbonyl (C=O) groups is 2. The normalized spacial score (nSPS) is 24.9. The molecule has 1 unspecified atom stereocenters. The van der Waals surface area contributed by atoms with Crippen molar-refractivity contribution < 1.29 is 37.3 Å². The van der Waals surface area contributed by atoms with Gasteiger partial charge in [-0.05, 0) is 42.2 Å². The number of pyridine rings is 1. The van der Waals surface area contributed by atoms with Crippen molar-refractivity contribution in [2.45, 2.75) is 44.1 Å². The predicted molar refractivity (Wildman–Crippen MR) is 104 cm³/mol. The fraction of sp³-hybridized carbons (Fsp3) is 0.409. The van der Waals surface area contributed by atoms with Gasteiger partial charge < -0.3 is 19.5 Å². The highest BCUT2D eigenvalue weighted by Crippen LogP contribution is 2.47. The van der Waals surface area contributed by atoms with Crippen molar-refractivity contribution in [3.8, 4) is 5.75 Å². The molecule has 32 heavy (non-hydrogen) atoms. The maximum Gasteiger partial charge on any atom is 0.422 e. The Morgan fingerprint density at radius 1 is 1.34 bits per heavy atom. The van der Waals surface area contributed by atoms with Gasteiger partial charge in [-0.3, -0.25) is 9.78 Å². The van der Waals surface area contributed by atoms with Gasteiger partial charge in [-0.15, -0.1) is 0 Å². The summed E-state index contributed by atoms with van der Waals surface area (Å²) in [6, 6.07) is 5.88. The number of aliphatic hydroxyl groups is 1. The Bertz CT molecular complexity index is 1190. The lowest BCUT2D eigenvalue weighted by Crippen LogP contribution is -2.51. The molecular formula is C22H19F3N2O5. The molecule has 1 aromatic carbocycles. The van der Waals surface area contributed by atoms with Gasteiger partial charge in [0.05, 0.1) is 22.8 Å². The highest BCUT2D eigenvalue weighted by molar-refractivity contribution is 6.01. The molecule has 1 aromatic heterocycles. The van der Waals surface area contributed by atoms with Crippen molar-refractivity contribution in [3.05, 3.63) is 46.7 Å². The molecule has 0 saturated heterocycles. The molecule has 2 atom stereocenters. The van der Waals surface area contributed by atoms with E-state index in [-0.39, 0.29) is 43.2 Å². The van der Waals surface area contributed by atoms with Gasteiger partial charge in [0, 0.05) is 11.9 Å². The van der Waals surface area contributed by atoms with Crippen LogP contribution in [0.2, 0.25) is 0 Å². The molecule has 0 spiro atoms. The molecule has 168 valence electrons. The quantitative estimate of drug-likeness (QED) is 0.727. The molecular weight excluding hydrogens is 429 g/mol. The minimum absolute atomic E-state index is 0.0584. The number of halogens is 3. The van der Waals surface area contributed by atoms with Gasteiger partial charge in [0.1, 0.15) is 12.4 Å². The van der Waals surface area contributed by atoms with E-state index in [0.717, 1.165) is 0 Å². The second-order valence-electron chi connectivity index (χ2n) is 8.16. The third-order valence-electron chi connectivity index (χ3n) is 6.33. The average Bonchev–Trinajstić information content (AvgIpc) is 3.11. The van der Waals surface area contributed by atoms with Crippen molar-refractivity contribution in [1.82, 2.24) is 9.88 Å². The lowest BCUT2D eigenvalue weighted by molar-refractivity contribution is -0.165. The number of aromatic nitrogens is 1. The number of hydrogen-bond acceptors (Lipinski definition) is 6. The van der Waals surface area contributed by atoms with E-state index in [1.165, 1.54) is 6.07 Å². The standard InChI is InChI=1S/C22H19F3N2O5/c1-2-21(30)14-7-16-18-11(8-27(16)19(28)13(14)9-31-20(21)29)6-12-15(26-18)4-3-5-17(12)32-10-22(23,24)25/h3-6,16,30H,2,7-10H2,1H3/t16?,21-/m0/s1. The fourth-order valence-electron chi connectivity index (χ4n) is 4.71. The number of cyclic esters (lactones) is 1. The summed E-state index contributed by atoms with van der Waals surface area (Å²) in [5.74, 6) is -1.05. The molecule has 5 rings (SSSR count). The van der Waals surface area contributed by atoms with Crippen LogP contribution < -0.4 is 4.74 Å². The van der Waals surface area contributed by atoms with E-state index >= 15 is 0 Å². The summed E-state index contributed by atoms with van der Waals surface area (Å²) in [6.07, 6.45) is -4.17. The van der Waals surface area contributed by atoms with Crippen LogP contribution in [0.3, 0.4) is 0 Å². The monoisotopic (exact) mass is 448 g/mol. The Balaban J connectivity index is 1.55. The molecule has 7 nitrogen and oxygen atoms in total. The summed E-state index contributed by atoms with van der Waals surface area (Å²) in [5.41, 5.74) is 0.504. The highest BCUT2D eigenvalue weighted by Gasteiger charge is 2.52. The summed E-state index contributed by atoms with van der Waals surface area (Å²) < 4.78 is 47.9. The average molecular weight is 448 g/mol. The third-order valence-corrected chi connectivity index (χ3v) is 6.33. The number of rotatable bonds is 3. The van der Waals surface area contributed by atoms with Crippen molar-refractivity contribution in [1.29, 1.82) is 0 Å². The minimum Gasteiger partial charge on any atom is -0.483 e. The maximum absolute atomic E-state index is 13.2. The largest absolute Gasteiger partial charge is 0.483 e. The Morgan fingerprint density at radius 2 is 2.12 bits per heavy atom. The lowest BCUT2D eigenvalue weighted by atomic mass is 9.79. The van der Waals surface area contributed by atoms with Crippen LogP contribution >= 0.6 is 0 Å². The van der Waals surface area contributed by atoms with E-state index < -0.39 is 30.4 Å². The molecule has 1 amide bonds. The molecule has 2 aromatic rings. The number of amides is 1. The van der Waals surface area contributed by atoms with Gasteiger partial charge in [0.25, 0.3) is 5.91 Å². The first-order chi connectivity index (χ1) is 15.1. The smallest absolute Gasteiger partial charge is 0.422 e. The predicted octanol–water partition coefficient (Wildman–Crippen LogP) is 2.96. The molecule has 0 bridgehead atoms. The van der Waals surface area contributed by atoms with Crippen LogP contribution in [0.15, 0.2) is 35.4 Å². The van der Waals surface area contributed by atoms with E-state index in [0.29, 0.717) is 27.7 Å². The van der Waals surface area contributed by atoms with E-state index in [1.54, 1.807) is 30.0 Å². The van der Waals surface area contributed by atoms with Gasteiger partial charge in [0.15, 0.2) is 12.2 Å². The first kappa shape index (κ1) is 20.7. The summed E-state index contributed by atoms with van der Waals surface area (Å²) in [4.78, 5) is 31.7. The molecule has 3 aliphatic heterocycles. The van der Waals surface area contributed by atoms with Crippen LogP contribution in [0, 0.1) is 0 Å². The SMILES string of the molecule is CC[C@@]1(O)C(=O)OCC2=C1CC1c3nc4cccc(OCC(F)(F)F)c4cc3CN1C2=O. The van der Waals surface area contributed by atoms with E-state index in [1.807, 2.05) is 0 Å². The lowest BCUT2D eigenvalue weighted by Gasteiger charge is -2.41. The molecule has 10 heteroatoms.